The monoisotopic (exact) mass is 427 g/mol. The first-order valence-electron chi connectivity index (χ1n) is 11.9. The van der Waals surface area contributed by atoms with Gasteiger partial charge in [-0.2, -0.15) is 0 Å². The fraction of sp³-hybridized carbons (Fsp3) is 0.875. The summed E-state index contributed by atoms with van der Waals surface area (Å²) in [5, 5.41) is 3.09. The summed E-state index contributed by atoms with van der Waals surface area (Å²) in [7, 11) is 0. The van der Waals surface area contributed by atoms with E-state index in [-0.39, 0.29) is 30.1 Å². The van der Waals surface area contributed by atoms with Crippen LogP contribution in [-0.2, 0) is 23.7 Å². The van der Waals surface area contributed by atoms with Gasteiger partial charge in [0.2, 0.25) is 5.91 Å². The van der Waals surface area contributed by atoms with Gasteiger partial charge in [0.15, 0.2) is 6.29 Å². The maximum absolute atomic E-state index is 12.0. The minimum absolute atomic E-state index is 0.0731. The Morgan fingerprint density at radius 1 is 1.03 bits per heavy atom. The summed E-state index contributed by atoms with van der Waals surface area (Å²) in [6, 6.07) is -0.252. The Bertz CT molecular complexity index is 459. The molecule has 0 aromatic heterocycles. The molecule has 6 nitrogen and oxygen atoms in total. The molecule has 0 radical (unpaired) electrons. The van der Waals surface area contributed by atoms with Gasteiger partial charge in [-0.05, 0) is 32.1 Å². The van der Waals surface area contributed by atoms with Crippen molar-refractivity contribution >= 4 is 5.91 Å². The quantitative estimate of drug-likeness (QED) is 0.271. The number of carbonyl (C=O) groups is 1. The predicted octanol–water partition coefficient (Wildman–Crippen LogP) is 4.62. The highest BCUT2D eigenvalue weighted by atomic mass is 16.7. The van der Waals surface area contributed by atoms with Crippen LogP contribution in [0, 0.1) is 5.92 Å². The van der Waals surface area contributed by atoms with E-state index >= 15 is 0 Å². The molecule has 0 aliphatic carbocycles. The largest absolute Gasteiger partial charge is 0.379 e. The lowest BCUT2D eigenvalue weighted by Gasteiger charge is -2.46. The molecule has 5 atom stereocenters. The third kappa shape index (κ3) is 9.90. The van der Waals surface area contributed by atoms with Gasteiger partial charge in [-0.3, -0.25) is 4.79 Å². The third-order valence-corrected chi connectivity index (χ3v) is 5.44. The maximum atomic E-state index is 12.0. The first kappa shape index (κ1) is 27.1. The second-order valence-electron chi connectivity index (χ2n) is 8.14. The van der Waals surface area contributed by atoms with Crippen molar-refractivity contribution in [3.05, 3.63) is 12.7 Å². The molecule has 1 fully saturated rings. The van der Waals surface area contributed by atoms with Crippen LogP contribution in [0.1, 0.15) is 79.1 Å². The molecule has 0 saturated carbocycles. The van der Waals surface area contributed by atoms with Crippen molar-refractivity contribution in [2.75, 3.05) is 26.4 Å². The van der Waals surface area contributed by atoms with Gasteiger partial charge in [-0.25, -0.2) is 0 Å². The summed E-state index contributed by atoms with van der Waals surface area (Å²) in [6.07, 6.45) is 8.94. The molecular formula is C24H45NO5. The fourth-order valence-electron chi connectivity index (χ4n) is 3.74. The summed E-state index contributed by atoms with van der Waals surface area (Å²) in [4.78, 5) is 12.0. The molecule has 1 aliphatic heterocycles. The van der Waals surface area contributed by atoms with Crippen LogP contribution in [0.4, 0.5) is 0 Å². The fourth-order valence-corrected chi connectivity index (χ4v) is 3.74. The van der Waals surface area contributed by atoms with Gasteiger partial charge in [-0.15, -0.1) is 6.58 Å². The number of carbonyl (C=O) groups excluding carboxylic acids is 1. The SMILES string of the molecule is C=CCCC1C(NC(C)=O)[C@@H](OCCCC)OC(COCCCC)[C@H]1OCCCC. The first-order chi connectivity index (χ1) is 14.6. The molecule has 30 heavy (non-hydrogen) atoms. The zero-order valence-corrected chi connectivity index (χ0v) is 19.7. The van der Waals surface area contributed by atoms with Gasteiger partial charge in [0.25, 0.3) is 0 Å². The van der Waals surface area contributed by atoms with Crippen molar-refractivity contribution < 1.29 is 23.7 Å². The first-order valence-corrected chi connectivity index (χ1v) is 11.9. The molecule has 1 aliphatic rings. The van der Waals surface area contributed by atoms with Crippen LogP contribution < -0.4 is 5.32 Å². The van der Waals surface area contributed by atoms with Crippen LogP contribution in [0.5, 0.6) is 0 Å². The van der Waals surface area contributed by atoms with Crippen molar-refractivity contribution in [1.29, 1.82) is 0 Å². The Hall–Kier alpha value is -0.950. The van der Waals surface area contributed by atoms with E-state index < -0.39 is 6.29 Å². The second kappa shape index (κ2) is 16.7. The average Bonchev–Trinajstić information content (AvgIpc) is 2.72. The molecule has 1 rings (SSSR count). The Morgan fingerprint density at radius 3 is 2.27 bits per heavy atom. The lowest BCUT2D eigenvalue weighted by Crippen LogP contribution is -2.62. The minimum Gasteiger partial charge on any atom is -0.379 e. The van der Waals surface area contributed by atoms with Crippen LogP contribution in [0.25, 0.3) is 0 Å². The van der Waals surface area contributed by atoms with Gasteiger partial charge in [0, 0.05) is 32.7 Å². The molecular weight excluding hydrogens is 382 g/mol. The summed E-state index contributed by atoms with van der Waals surface area (Å²) in [5.74, 6) is -0.00911. The second-order valence-corrected chi connectivity index (χ2v) is 8.14. The number of nitrogens with one attached hydrogen (secondary N) is 1. The van der Waals surface area contributed by atoms with E-state index in [0.29, 0.717) is 26.4 Å². The number of unbranched alkanes of at least 4 members (excludes halogenated alkanes) is 3. The Kier molecular flexibility index (Phi) is 15.1. The molecule has 1 amide bonds. The summed E-state index contributed by atoms with van der Waals surface area (Å²) in [5.41, 5.74) is 0. The van der Waals surface area contributed by atoms with E-state index in [9.17, 15) is 4.79 Å². The van der Waals surface area contributed by atoms with Gasteiger partial charge >= 0.3 is 0 Å². The highest BCUT2D eigenvalue weighted by molar-refractivity contribution is 5.73. The van der Waals surface area contributed by atoms with Crippen LogP contribution in [0.3, 0.4) is 0 Å². The van der Waals surface area contributed by atoms with Gasteiger partial charge in [0.05, 0.1) is 18.8 Å². The summed E-state index contributed by atoms with van der Waals surface area (Å²) < 4.78 is 24.7. The van der Waals surface area contributed by atoms with E-state index in [4.69, 9.17) is 18.9 Å². The molecule has 0 aromatic carbocycles. The van der Waals surface area contributed by atoms with Gasteiger partial charge < -0.3 is 24.3 Å². The van der Waals surface area contributed by atoms with Crippen molar-refractivity contribution in [3.8, 4) is 0 Å². The van der Waals surface area contributed by atoms with Crippen molar-refractivity contribution in [2.45, 2.75) is 104 Å². The Labute approximate surface area is 184 Å². The molecule has 6 heteroatoms. The zero-order valence-electron chi connectivity index (χ0n) is 19.7. The predicted molar refractivity (Wildman–Crippen MR) is 120 cm³/mol. The number of allylic oxidation sites excluding steroid dienone is 1. The van der Waals surface area contributed by atoms with Crippen LogP contribution in [0.2, 0.25) is 0 Å². The van der Waals surface area contributed by atoms with E-state index in [1.165, 1.54) is 0 Å². The summed E-state index contributed by atoms with van der Waals surface area (Å²) >= 11 is 0. The summed E-state index contributed by atoms with van der Waals surface area (Å²) in [6.45, 7) is 14.3. The van der Waals surface area contributed by atoms with Gasteiger partial charge in [0.1, 0.15) is 6.10 Å². The minimum atomic E-state index is -0.499. The van der Waals surface area contributed by atoms with E-state index in [1.807, 2.05) is 6.08 Å². The number of rotatable bonds is 17. The molecule has 1 N–H and O–H groups in total. The molecule has 1 saturated heterocycles. The van der Waals surface area contributed by atoms with E-state index in [2.05, 4.69) is 32.7 Å². The Morgan fingerprint density at radius 2 is 1.67 bits per heavy atom. The number of amides is 1. The topological polar surface area (TPSA) is 66.0 Å². The van der Waals surface area contributed by atoms with Crippen LogP contribution in [-0.4, -0.2) is 56.9 Å². The molecule has 176 valence electrons. The maximum Gasteiger partial charge on any atom is 0.217 e. The number of hydrogen-bond donors (Lipinski definition) is 1. The molecule has 0 bridgehead atoms. The van der Waals surface area contributed by atoms with Gasteiger partial charge in [-0.1, -0.05) is 46.1 Å². The van der Waals surface area contributed by atoms with E-state index in [1.54, 1.807) is 6.92 Å². The van der Waals surface area contributed by atoms with Crippen molar-refractivity contribution in [1.82, 2.24) is 5.32 Å². The normalized spacial score (nSPS) is 26.5. The van der Waals surface area contributed by atoms with Crippen LogP contribution >= 0.6 is 0 Å². The molecule has 3 unspecified atom stereocenters. The van der Waals surface area contributed by atoms with E-state index in [0.717, 1.165) is 51.4 Å². The van der Waals surface area contributed by atoms with Crippen LogP contribution in [0.15, 0.2) is 12.7 Å². The highest BCUT2D eigenvalue weighted by Crippen LogP contribution is 2.33. The molecule has 0 spiro atoms. The zero-order chi connectivity index (χ0) is 22.2. The van der Waals surface area contributed by atoms with Crippen molar-refractivity contribution in [2.24, 2.45) is 5.92 Å². The molecule has 0 aromatic rings. The third-order valence-electron chi connectivity index (χ3n) is 5.44. The highest BCUT2D eigenvalue weighted by Gasteiger charge is 2.47. The average molecular weight is 428 g/mol. The van der Waals surface area contributed by atoms with Crippen molar-refractivity contribution in [3.63, 3.8) is 0 Å². The molecule has 1 heterocycles. The number of ether oxygens (including phenoxy) is 4. The Balaban J connectivity index is 3.05. The lowest BCUT2D eigenvalue weighted by molar-refractivity contribution is -0.270. The lowest BCUT2D eigenvalue weighted by atomic mass is 9.83. The number of hydrogen-bond acceptors (Lipinski definition) is 5. The standard InChI is InChI=1S/C24H45NO5/c1-6-10-14-20-22(25-19(5)26)24(29-17-13-9-4)30-21(18-27-15-11-7-2)23(20)28-16-12-8-3/h6,20-24H,1,7-18H2,2-5H3,(H,25,26)/t20?,21?,22?,23-,24-/m0/s1. The smallest absolute Gasteiger partial charge is 0.217 e.